The Kier molecular flexibility index (Phi) is 4.59. The second-order valence-corrected chi connectivity index (χ2v) is 8.25. The van der Waals surface area contributed by atoms with Crippen LogP contribution in [0.25, 0.3) is 0 Å². The summed E-state index contributed by atoms with van der Waals surface area (Å²) in [6.45, 7) is 2.38. The molecule has 2 saturated heterocycles. The maximum absolute atomic E-state index is 13.6. The summed E-state index contributed by atoms with van der Waals surface area (Å²) in [4.78, 5) is 41.1. The number of methoxy groups -OCH3 is 1. The largest absolute Gasteiger partial charge is 0.508 e. The second kappa shape index (κ2) is 7.23. The molecule has 166 valence electrons. The van der Waals surface area contributed by atoms with Gasteiger partial charge in [-0.15, -0.1) is 0 Å². The minimum Gasteiger partial charge on any atom is -0.508 e. The smallest absolute Gasteiger partial charge is 0.326 e. The van der Waals surface area contributed by atoms with Gasteiger partial charge in [0.05, 0.1) is 24.6 Å². The lowest BCUT2D eigenvalue weighted by Crippen LogP contribution is -2.54. The number of imide groups is 1. The number of nitrogens with one attached hydrogen (secondary N) is 1. The molecule has 2 aromatic carbocycles. The van der Waals surface area contributed by atoms with Crippen LogP contribution in [-0.2, 0) is 19.1 Å². The number of fused-ring (bicyclic) bond motifs is 2. The molecular weight excluding hydrogens is 416 g/mol. The topological polar surface area (TPSA) is 114 Å². The zero-order valence-corrected chi connectivity index (χ0v) is 17.5. The average molecular weight is 438 g/mol. The van der Waals surface area contributed by atoms with Crippen molar-refractivity contribution in [3.8, 4) is 17.2 Å². The molecule has 32 heavy (non-hydrogen) atoms. The number of carbonyl (C=O) groups is 3. The number of hydrogen-bond acceptors (Lipinski definition) is 8. The predicted octanol–water partition coefficient (Wildman–Crippen LogP) is 1.55. The summed E-state index contributed by atoms with van der Waals surface area (Å²) in [6.07, 6.45) is 0. The first-order valence-corrected chi connectivity index (χ1v) is 10.3. The number of phenolic OH excluding ortho intramolecular Hbond substituents is 1. The Morgan fingerprint density at radius 1 is 1.09 bits per heavy atom. The van der Waals surface area contributed by atoms with E-state index in [2.05, 4.69) is 5.32 Å². The maximum Gasteiger partial charge on any atom is 0.326 e. The van der Waals surface area contributed by atoms with Gasteiger partial charge in [-0.1, -0.05) is 12.1 Å². The Hall–Kier alpha value is -3.59. The highest BCUT2D eigenvalue weighted by Gasteiger charge is 2.67. The van der Waals surface area contributed by atoms with Crippen LogP contribution in [0, 0.1) is 11.8 Å². The summed E-state index contributed by atoms with van der Waals surface area (Å²) in [7, 11) is 1.25. The Balaban J connectivity index is 1.58. The van der Waals surface area contributed by atoms with Crippen molar-refractivity contribution in [1.82, 2.24) is 5.32 Å². The number of nitrogens with zero attached hydrogens (tertiary/aromatic N) is 1. The first-order chi connectivity index (χ1) is 15.3. The van der Waals surface area contributed by atoms with Gasteiger partial charge in [-0.25, -0.2) is 4.90 Å². The van der Waals surface area contributed by atoms with Gasteiger partial charge in [0.2, 0.25) is 11.8 Å². The molecule has 0 aromatic heterocycles. The number of benzene rings is 2. The van der Waals surface area contributed by atoms with E-state index in [1.165, 1.54) is 19.2 Å². The van der Waals surface area contributed by atoms with Crippen LogP contribution in [0.15, 0.2) is 42.5 Å². The van der Waals surface area contributed by atoms with Gasteiger partial charge in [-0.05, 0) is 36.8 Å². The lowest BCUT2D eigenvalue weighted by Gasteiger charge is -2.29. The molecule has 2 N–H and O–H groups in total. The van der Waals surface area contributed by atoms with Crippen LogP contribution in [0.2, 0.25) is 0 Å². The summed E-state index contributed by atoms with van der Waals surface area (Å²) in [5.74, 6) is -2.26. The van der Waals surface area contributed by atoms with Crippen molar-refractivity contribution in [3.63, 3.8) is 0 Å². The monoisotopic (exact) mass is 438 g/mol. The van der Waals surface area contributed by atoms with Gasteiger partial charge < -0.3 is 19.3 Å². The summed E-state index contributed by atoms with van der Waals surface area (Å²) >= 11 is 0. The highest BCUT2D eigenvalue weighted by molar-refractivity contribution is 6.24. The van der Waals surface area contributed by atoms with Crippen molar-refractivity contribution in [1.29, 1.82) is 0 Å². The van der Waals surface area contributed by atoms with Crippen molar-refractivity contribution in [2.75, 3.05) is 25.2 Å². The Morgan fingerprint density at radius 3 is 2.47 bits per heavy atom. The zero-order valence-electron chi connectivity index (χ0n) is 17.5. The molecule has 9 nitrogen and oxygen atoms in total. The minimum absolute atomic E-state index is 0.0748. The van der Waals surface area contributed by atoms with E-state index in [0.29, 0.717) is 36.0 Å². The highest BCUT2D eigenvalue weighted by atomic mass is 16.6. The zero-order chi connectivity index (χ0) is 22.6. The quantitative estimate of drug-likeness (QED) is 0.548. The highest BCUT2D eigenvalue weighted by Crippen LogP contribution is 2.50. The van der Waals surface area contributed by atoms with Crippen LogP contribution in [0.4, 0.5) is 5.69 Å². The van der Waals surface area contributed by atoms with Crippen molar-refractivity contribution in [3.05, 3.63) is 48.0 Å². The number of ether oxygens (including phenoxy) is 3. The fourth-order valence-electron chi connectivity index (χ4n) is 4.93. The number of carbonyl (C=O) groups excluding carboxylic acids is 3. The fraction of sp³-hybridized carbons (Fsp3) is 0.348. The molecule has 0 radical (unpaired) electrons. The molecule has 0 unspecified atom stereocenters. The second-order valence-electron chi connectivity index (χ2n) is 8.25. The molecule has 2 amide bonds. The number of rotatable bonds is 3. The summed E-state index contributed by atoms with van der Waals surface area (Å²) in [5, 5.41) is 12.8. The molecule has 3 aliphatic heterocycles. The van der Waals surface area contributed by atoms with Gasteiger partial charge in [-0.2, -0.15) is 0 Å². The van der Waals surface area contributed by atoms with Crippen molar-refractivity contribution in [2.45, 2.75) is 18.5 Å². The molecule has 0 bridgehead atoms. The number of amides is 2. The molecule has 4 atom stereocenters. The van der Waals surface area contributed by atoms with Gasteiger partial charge in [0.1, 0.15) is 24.5 Å². The van der Waals surface area contributed by atoms with E-state index in [1.54, 1.807) is 37.3 Å². The lowest BCUT2D eigenvalue weighted by molar-refractivity contribution is -0.151. The van der Waals surface area contributed by atoms with Crippen molar-refractivity contribution < 1.29 is 33.7 Å². The van der Waals surface area contributed by atoms with E-state index in [4.69, 9.17) is 14.2 Å². The molecule has 3 aliphatic rings. The molecule has 9 heteroatoms. The number of aromatic hydroxyl groups is 1. The fourth-order valence-corrected chi connectivity index (χ4v) is 4.93. The summed E-state index contributed by atoms with van der Waals surface area (Å²) in [5.41, 5.74) is -0.372. The summed E-state index contributed by atoms with van der Waals surface area (Å²) < 4.78 is 16.1. The first-order valence-electron chi connectivity index (χ1n) is 10.3. The minimum atomic E-state index is -1.41. The molecule has 2 aromatic rings. The van der Waals surface area contributed by atoms with Gasteiger partial charge in [-0.3, -0.25) is 19.7 Å². The molecule has 3 heterocycles. The van der Waals surface area contributed by atoms with Crippen LogP contribution < -0.4 is 19.7 Å². The molecular formula is C23H22N2O7. The van der Waals surface area contributed by atoms with Gasteiger partial charge >= 0.3 is 5.97 Å². The molecule has 0 saturated carbocycles. The third kappa shape index (κ3) is 2.85. The Labute approximate surface area is 183 Å². The van der Waals surface area contributed by atoms with E-state index in [1.807, 2.05) is 0 Å². The standard InChI is InChI=1S/C23H22N2O7/c1-23(22(29)30-2)18-17(19(24-23)12-3-6-14(26)7-4-12)20(27)25(21(18)28)13-5-8-15-16(11-13)32-10-9-31-15/h3-8,11,17-19,24,26H,9-10H2,1-2H3/t17-,18+,19-,23-/m0/s1. The van der Waals surface area contributed by atoms with E-state index >= 15 is 0 Å². The number of hydrogen-bond donors (Lipinski definition) is 2. The molecule has 0 spiro atoms. The summed E-state index contributed by atoms with van der Waals surface area (Å²) in [6, 6.07) is 10.6. The van der Waals surface area contributed by atoms with E-state index in [0.717, 1.165) is 4.90 Å². The number of phenols is 1. The normalized spacial score (nSPS) is 28.6. The predicted molar refractivity (Wildman–Crippen MR) is 111 cm³/mol. The SMILES string of the molecule is COC(=O)[C@@]1(C)N[C@@H](c2ccc(O)cc2)[C@H]2C(=O)N(c3ccc4c(c3)OCCO4)C(=O)[C@@H]21. The Morgan fingerprint density at radius 2 is 1.78 bits per heavy atom. The third-order valence-electron chi connectivity index (χ3n) is 6.43. The van der Waals surface area contributed by atoms with Crippen LogP contribution in [-0.4, -0.2) is 48.8 Å². The van der Waals surface area contributed by atoms with Crippen LogP contribution >= 0.6 is 0 Å². The van der Waals surface area contributed by atoms with E-state index < -0.39 is 41.2 Å². The first kappa shape index (κ1) is 20.3. The van der Waals surface area contributed by atoms with Crippen LogP contribution in [0.3, 0.4) is 0 Å². The van der Waals surface area contributed by atoms with Crippen molar-refractivity contribution in [2.24, 2.45) is 11.8 Å². The van der Waals surface area contributed by atoms with E-state index in [9.17, 15) is 19.5 Å². The van der Waals surface area contributed by atoms with Crippen molar-refractivity contribution >= 4 is 23.5 Å². The van der Waals surface area contributed by atoms with Gasteiger partial charge in [0.15, 0.2) is 11.5 Å². The maximum atomic E-state index is 13.6. The third-order valence-corrected chi connectivity index (χ3v) is 6.43. The Bertz CT molecular complexity index is 1120. The molecule has 2 fully saturated rings. The number of anilines is 1. The van der Waals surface area contributed by atoms with E-state index in [-0.39, 0.29) is 5.75 Å². The van der Waals surface area contributed by atoms with Crippen LogP contribution in [0.1, 0.15) is 18.5 Å². The molecule has 0 aliphatic carbocycles. The lowest BCUT2D eigenvalue weighted by atomic mass is 9.80. The molecule has 5 rings (SSSR count). The van der Waals surface area contributed by atoms with Gasteiger partial charge in [0, 0.05) is 12.1 Å². The van der Waals surface area contributed by atoms with Crippen LogP contribution in [0.5, 0.6) is 17.2 Å². The van der Waals surface area contributed by atoms with Gasteiger partial charge in [0.25, 0.3) is 0 Å². The number of esters is 1. The average Bonchev–Trinajstić information content (AvgIpc) is 3.26.